The summed E-state index contributed by atoms with van der Waals surface area (Å²) in [6.07, 6.45) is 2.58. The number of aryl methyl sites for hydroxylation is 1. The van der Waals surface area contributed by atoms with Gasteiger partial charge >= 0.3 is 0 Å². The molecule has 8 heteroatoms. The minimum atomic E-state index is -3.47. The lowest BCUT2D eigenvalue weighted by molar-refractivity contribution is -0.121. The van der Waals surface area contributed by atoms with E-state index in [0.29, 0.717) is 39.1 Å². The van der Waals surface area contributed by atoms with Crippen molar-refractivity contribution in [2.75, 3.05) is 13.1 Å². The number of hydrogen-bond donors (Lipinski definition) is 1. The zero-order chi connectivity index (χ0) is 24.4. The van der Waals surface area contributed by atoms with Crippen LogP contribution >= 0.6 is 0 Å². The number of ether oxygens (including phenoxy) is 1. The SMILES string of the molecule is CCN(CC)S(=O)(=O)c1ccc(CCC(=O)NCc2cccc(OCc3ccccn3)c2)cc1. The molecule has 3 aromatic rings. The normalized spacial score (nSPS) is 11.4. The first-order valence-electron chi connectivity index (χ1n) is 11.4. The summed E-state index contributed by atoms with van der Waals surface area (Å²) in [5, 5.41) is 2.93. The Bertz CT molecular complexity index is 1160. The molecule has 0 radical (unpaired) electrons. The minimum absolute atomic E-state index is 0.0698. The van der Waals surface area contributed by atoms with Crippen LogP contribution in [0.1, 0.15) is 37.1 Å². The van der Waals surface area contributed by atoms with Crippen molar-refractivity contribution in [1.29, 1.82) is 0 Å². The molecule has 0 fully saturated rings. The van der Waals surface area contributed by atoms with Crippen LogP contribution in [0.5, 0.6) is 5.75 Å². The number of carbonyl (C=O) groups is 1. The third-order valence-corrected chi connectivity index (χ3v) is 7.47. The van der Waals surface area contributed by atoms with Crippen molar-refractivity contribution in [2.45, 2.75) is 44.7 Å². The Morgan fingerprint density at radius 2 is 1.74 bits per heavy atom. The molecule has 2 aromatic carbocycles. The number of sulfonamides is 1. The fourth-order valence-electron chi connectivity index (χ4n) is 3.47. The zero-order valence-electron chi connectivity index (χ0n) is 19.6. The third-order valence-electron chi connectivity index (χ3n) is 5.41. The summed E-state index contributed by atoms with van der Waals surface area (Å²) in [5.74, 6) is 0.650. The van der Waals surface area contributed by atoms with E-state index in [-0.39, 0.29) is 10.8 Å². The molecule has 0 atom stereocenters. The van der Waals surface area contributed by atoms with Gasteiger partial charge in [-0.1, -0.05) is 44.2 Å². The van der Waals surface area contributed by atoms with Crippen molar-refractivity contribution in [3.8, 4) is 5.75 Å². The predicted molar refractivity (Wildman–Crippen MR) is 132 cm³/mol. The van der Waals surface area contributed by atoms with Crippen LogP contribution in [0, 0.1) is 0 Å². The zero-order valence-corrected chi connectivity index (χ0v) is 20.4. The third kappa shape index (κ3) is 7.13. The van der Waals surface area contributed by atoms with Gasteiger partial charge in [-0.3, -0.25) is 9.78 Å². The van der Waals surface area contributed by atoms with Crippen LogP contribution in [-0.2, 0) is 34.4 Å². The molecule has 0 aliphatic rings. The molecule has 1 aromatic heterocycles. The number of nitrogens with zero attached hydrogens (tertiary/aromatic N) is 2. The molecule has 0 unspecified atom stereocenters. The fraction of sp³-hybridized carbons (Fsp3) is 0.308. The maximum Gasteiger partial charge on any atom is 0.243 e. The van der Waals surface area contributed by atoms with Gasteiger partial charge in [0.1, 0.15) is 12.4 Å². The Labute approximate surface area is 201 Å². The van der Waals surface area contributed by atoms with E-state index in [2.05, 4.69) is 10.3 Å². The van der Waals surface area contributed by atoms with Crippen LogP contribution in [0.15, 0.2) is 77.8 Å². The van der Waals surface area contributed by atoms with Crippen molar-refractivity contribution in [1.82, 2.24) is 14.6 Å². The number of hydrogen-bond acceptors (Lipinski definition) is 5. The lowest BCUT2D eigenvalue weighted by Crippen LogP contribution is -2.30. The second-order valence-electron chi connectivity index (χ2n) is 7.77. The van der Waals surface area contributed by atoms with E-state index in [1.807, 2.05) is 56.3 Å². The monoisotopic (exact) mass is 481 g/mol. The summed E-state index contributed by atoms with van der Waals surface area (Å²) >= 11 is 0. The second-order valence-corrected chi connectivity index (χ2v) is 9.71. The molecule has 34 heavy (non-hydrogen) atoms. The molecule has 0 aliphatic heterocycles. The van der Waals surface area contributed by atoms with E-state index in [9.17, 15) is 13.2 Å². The Hall–Kier alpha value is -3.23. The molecule has 0 saturated heterocycles. The highest BCUT2D eigenvalue weighted by atomic mass is 32.2. The molecular formula is C26H31N3O4S. The Kier molecular flexibility index (Phi) is 9.18. The van der Waals surface area contributed by atoms with Gasteiger partial charge in [0.2, 0.25) is 15.9 Å². The van der Waals surface area contributed by atoms with Crippen molar-refractivity contribution in [2.24, 2.45) is 0 Å². The lowest BCUT2D eigenvalue weighted by Gasteiger charge is -2.18. The van der Waals surface area contributed by atoms with Gasteiger partial charge < -0.3 is 10.1 Å². The molecule has 7 nitrogen and oxygen atoms in total. The standard InChI is InChI=1S/C26H31N3O4S/c1-3-29(4-2)34(31,32)25-14-11-21(12-15-25)13-16-26(30)28-19-22-8-7-10-24(18-22)33-20-23-9-5-6-17-27-23/h5-12,14-15,17-18H,3-4,13,16,19-20H2,1-2H3,(H,28,30). The molecule has 1 heterocycles. The summed E-state index contributed by atoms with van der Waals surface area (Å²) in [7, 11) is -3.47. The molecule has 0 saturated carbocycles. The average Bonchev–Trinajstić information content (AvgIpc) is 2.86. The van der Waals surface area contributed by atoms with Gasteiger partial charge in [0.15, 0.2) is 0 Å². The van der Waals surface area contributed by atoms with Crippen molar-refractivity contribution in [3.05, 3.63) is 89.7 Å². The van der Waals surface area contributed by atoms with Crippen LogP contribution in [0.3, 0.4) is 0 Å². The molecule has 180 valence electrons. The molecule has 0 spiro atoms. The van der Waals surface area contributed by atoms with E-state index in [4.69, 9.17) is 4.74 Å². The summed E-state index contributed by atoms with van der Waals surface area (Å²) in [5.41, 5.74) is 2.70. The molecule has 0 bridgehead atoms. The van der Waals surface area contributed by atoms with Gasteiger partial charge in [-0.25, -0.2) is 8.42 Å². The lowest BCUT2D eigenvalue weighted by atomic mass is 10.1. The largest absolute Gasteiger partial charge is 0.487 e. The molecule has 1 amide bonds. The fourth-order valence-corrected chi connectivity index (χ4v) is 4.93. The second kappa shape index (κ2) is 12.3. The molecule has 3 rings (SSSR count). The Morgan fingerprint density at radius 1 is 0.971 bits per heavy atom. The number of rotatable bonds is 12. The van der Waals surface area contributed by atoms with Crippen molar-refractivity contribution >= 4 is 15.9 Å². The Morgan fingerprint density at radius 3 is 2.41 bits per heavy atom. The van der Waals surface area contributed by atoms with Gasteiger partial charge in [0.25, 0.3) is 0 Å². The number of benzene rings is 2. The summed E-state index contributed by atoms with van der Waals surface area (Å²) in [6, 6.07) is 20.0. The van der Waals surface area contributed by atoms with Crippen LogP contribution in [0.2, 0.25) is 0 Å². The van der Waals surface area contributed by atoms with Crippen LogP contribution < -0.4 is 10.1 Å². The van der Waals surface area contributed by atoms with Gasteiger partial charge in [-0.2, -0.15) is 4.31 Å². The summed E-state index contributed by atoms with van der Waals surface area (Å²) in [6.45, 7) is 5.28. The average molecular weight is 482 g/mol. The maximum absolute atomic E-state index is 12.6. The number of nitrogens with one attached hydrogen (secondary N) is 1. The number of carbonyl (C=O) groups excluding carboxylic acids is 1. The van der Waals surface area contributed by atoms with Crippen LogP contribution in [0.25, 0.3) is 0 Å². The molecular weight excluding hydrogens is 450 g/mol. The Balaban J connectivity index is 1.46. The first-order valence-corrected chi connectivity index (χ1v) is 12.8. The predicted octanol–water partition coefficient (Wildman–Crippen LogP) is 3.94. The first-order chi connectivity index (χ1) is 16.4. The van der Waals surface area contributed by atoms with Crippen LogP contribution in [-0.4, -0.2) is 36.7 Å². The van der Waals surface area contributed by atoms with Crippen molar-refractivity contribution < 1.29 is 17.9 Å². The van der Waals surface area contributed by atoms with Crippen molar-refractivity contribution in [3.63, 3.8) is 0 Å². The van der Waals surface area contributed by atoms with Gasteiger partial charge in [-0.05, 0) is 53.9 Å². The molecule has 1 N–H and O–H groups in total. The first kappa shape index (κ1) is 25.4. The number of pyridine rings is 1. The summed E-state index contributed by atoms with van der Waals surface area (Å²) < 4.78 is 32.4. The van der Waals surface area contributed by atoms with E-state index in [1.165, 1.54) is 4.31 Å². The summed E-state index contributed by atoms with van der Waals surface area (Å²) in [4.78, 5) is 16.8. The van der Waals surface area contributed by atoms with Gasteiger partial charge in [0, 0.05) is 32.3 Å². The van der Waals surface area contributed by atoms with E-state index >= 15 is 0 Å². The highest BCUT2D eigenvalue weighted by Crippen LogP contribution is 2.17. The topological polar surface area (TPSA) is 88.6 Å². The minimum Gasteiger partial charge on any atom is -0.487 e. The highest BCUT2D eigenvalue weighted by Gasteiger charge is 2.21. The number of amides is 1. The van der Waals surface area contributed by atoms with E-state index < -0.39 is 10.0 Å². The van der Waals surface area contributed by atoms with Gasteiger partial charge in [-0.15, -0.1) is 0 Å². The van der Waals surface area contributed by atoms with Crippen LogP contribution in [0.4, 0.5) is 0 Å². The van der Waals surface area contributed by atoms with Gasteiger partial charge in [0.05, 0.1) is 10.6 Å². The van der Waals surface area contributed by atoms with E-state index in [0.717, 1.165) is 22.6 Å². The quantitative estimate of drug-likeness (QED) is 0.423. The molecule has 0 aliphatic carbocycles. The smallest absolute Gasteiger partial charge is 0.243 e. The highest BCUT2D eigenvalue weighted by molar-refractivity contribution is 7.89. The maximum atomic E-state index is 12.6. The number of aromatic nitrogens is 1. The van der Waals surface area contributed by atoms with E-state index in [1.54, 1.807) is 30.5 Å².